The molecule has 0 aromatic carbocycles. The average molecular weight is 318 g/mol. The molecule has 0 saturated heterocycles. The van der Waals surface area contributed by atoms with Crippen LogP contribution in [-0.4, -0.2) is 25.5 Å². The maximum Gasteiger partial charge on any atom is 0.185 e. The molecule has 0 fully saturated rings. The van der Waals surface area contributed by atoms with Crippen molar-refractivity contribution in [2.75, 3.05) is 5.43 Å². The SMILES string of the molecule is CC(C)(C)NNc1nc(-c2c[nH]c3ncc(F)cc23)ncc1F. The van der Waals surface area contributed by atoms with Crippen molar-refractivity contribution in [1.29, 1.82) is 0 Å². The number of hydrogen-bond donors (Lipinski definition) is 3. The van der Waals surface area contributed by atoms with Crippen molar-refractivity contribution in [3.8, 4) is 11.4 Å². The van der Waals surface area contributed by atoms with Gasteiger partial charge in [-0.2, -0.15) is 0 Å². The van der Waals surface area contributed by atoms with Crippen molar-refractivity contribution < 1.29 is 8.78 Å². The van der Waals surface area contributed by atoms with E-state index in [9.17, 15) is 8.78 Å². The van der Waals surface area contributed by atoms with E-state index in [2.05, 4.69) is 30.8 Å². The third kappa shape index (κ3) is 3.26. The standard InChI is InChI=1S/C15H16F2N6/c1-15(2,3)23-22-14-11(17)7-20-13(21-14)10-6-19-12-9(10)4-8(16)5-18-12/h4-7,23H,1-3H3,(H,18,19)(H,20,21,22). The van der Waals surface area contributed by atoms with Gasteiger partial charge < -0.3 is 10.4 Å². The topological polar surface area (TPSA) is 78.5 Å². The van der Waals surface area contributed by atoms with E-state index < -0.39 is 11.6 Å². The molecule has 0 aliphatic heterocycles. The molecule has 3 aromatic heterocycles. The molecule has 3 heterocycles. The lowest BCUT2D eigenvalue weighted by atomic mass is 10.1. The highest BCUT2D eigenvalue weighted by Gasteiger charge is 2.15. The average Bonchev–Trinajstić information content (AvgIpc) is 2.88. The van der Waals surface area contributed by atoms with Crippen LogP contribution < -0.4 is 10.9 Å². The quantitative estimate of drug-likeness (QED) is 0.647. The summed E-state index contributed by atoms with van der Waals surface area (Å²) >= 11 is 0. The molecule has 120 valence electrons. The fraction of sp³-hybridized carbons (Fsp3) is 0.267. The highest BCUT2D eigenvalue weighted by molar-refractivity contribution is 5.91. The third-order valence-electron chi connectivity index (χ3n) is 3.04. The van der Waals surface area contributed by atoms with Crippen LogP contribution in [0.15, 0.2) is 24.7 Å². The summed E-state index contributed by atoms with van der Waals surface area (Å²) in [4.78, 5) is 15.0. The van der Waals surface area contributed by atoms with E-state index in [4.69, 9.17) is 0 Å². The molecular formula is C15H16F2N6. The molecule has 6 nitrogen and oxygen atoms in total. The largest absolute Gasteiger partial charge is 0.345 e. The lowest BCUT2D eigenvalue weighted by molar-refractivity contribution is 0.461. The number of halogens is 2. The fourth-order valence-corrected chi connectivity index (χ4v) is 1.99. The van der Waals surface area contributed by atoms with E-state index in [1.54, 1.807) is 6.20 Å². The number of anilines is 1. The summed E-state index contributed by atoms with van der Waals surface area (Å²) in [5.41, 5.74) is 6.46. The van der Waals surface area contributed by atoms with Gasteiger partial charge in [-0.15, -0.1) is 0 Å². The van der Waals surface area contributed by atoms with Crippen LogP contribution in [0.2, 0.25) is 0 Å². The maximum absolute atomic E-state index is 13.9. The van der Waals surface area contributed by atoms with Crippen LogP contribution >= 0.6 is 0 Å². The number of nitrogens with one attached hydrogen (secondary N) is 3. The highest BCUT2D eigenvalue weighted by atomic mass is 19.1. The minimum atomic E-state index is -0.588. The van der Waals surface area contributed by atoms with Crippen LogP contribution in [0.1, 0.15) is 20.8 Å². The van der Waals surface area contributed by atoms with Crippen molar-refractivity contribution in [3.05, 3.63) is 36.3 Å². The van der Waals surface area contributed by atoms with E-state index in [-0.39, 0.29) is 17.2 Å². The number of hydrazine groups is 1. The first kappa shape index (κ1) is 15.3. The number of H-pyrrole nitrogens is 1. The Kier molecular flexibility index (Phi) is 3.69. The van der Waals surface area contributed by atoms with Crippen molar-refractivity contribution >= 4 is 16.9 Å². The van der Waals surface area contributed by atoms with Gasteiger partial charge in [-0.05, 0) is 26.8 Å². The molecule has 3 aromatic rings. The number of aromatic nitrogens is 4. The Morgan fingerprint density at radius 1 is 1.13 bits per heavy atom. The van der Waals surface area contributed by atoms with Crippen LogP contribution in [0.4, 0.5) is 14.6 Å². The summed E-state index contributed by atoms with van der Waals surface area (Å²) in [6.45, 7) is 5.77. The molecule has 0 saturated carbocycles. The first-order valence-corrected chi connectivity index (χ1v) is 7.02. The van der Waals surface area contributed by atoms with Gasteiger partial charge in [0.05, 0.1) is 12.4 Å². The molecule has 0 aliphatic rings. The molecule has 0 amide bonds. The summed E-state index contributed by atoms with van der Waals surface area (Å²) in [6.07, 6.45) is 3.81. The Bertz CT molecular complexity index is 853. The Hall–Kier alpha value is -2.61. The van der Waals surface area contributed by atoms with Crippen molar-refractivity contribution in [2.45, 2.75) is 26.3 Å². The molecule has 0 atom stereocenters. The molecule has 0 bridgehead atoms. The minimum absolute atomic E-state index is 0.0173. The van der Waals surface area contributed by atoms with Crippen molar-refractivity contribution in [1.82, 2.24) is 25.4 Å². The number of nitrogens with zero attached hydrogens (tertiary/aromatic N) is 3. The summed E-state index contributed by atoms with van der Waals surface area (Å²) in [5.74, 6) is -0.769. The molecule has 8 heteroatoms. The van der Waals surface area contributed by atoms with E-state index >= 15 is 0 Å². The van der Waals surface area contributed by atoms with Crippen molar-refractivity contribution in [2.24, 2.45) is 0 Å². The zero-order chi connectivity index (χ0) is 16.6. The van der Waals surface area contributed by atoms with Crippen LogP contribution in [0.3, 0.4) is 0 Å². The Labute approximate surface area is 131 Å². The fourth-order valence-electron chi connectivity index (χ4n) is 1.99. The van der Waals surface area contributed by atoms with E-state index in [0.717, 1.165) is 12.4 Å². The predicted molar refractivity (Wildman–Crippen MR) is 83.5 cm³/mol. The molecule has 0 unspecified atom stereocenters. The second-order valence-electron chi connectivity index (χ2n) is 6.14. The van der Waals surface area contributed by atoms with Crippen LogP contribution in [0, 0.1) is 11.6 Å². The smallest absolute Gasteiger partial charge is 0.185 e. The van der Waals surface area contributed by atoms with Crippen LogP contribution in [0.5, 0.6) is 0 Å². The van der Waals surface area contributed by atoms with Gasteiger partial charge in [0.2, 0.25) is 0 Å². The maximum atomic E-state index is 13.9. The monoisotopic (exact) mass is 318 g/mol. The summed E-state index contributed by atoms with van der Waals surface area (Å²) in [7, 11) is 0. The molecule has 3 N–H and O–H groups in total. The van der Waals surface area contributed by atoms with Crippen LogP contribution in [-0.2, 0) is 0 Å². The summed E-state index contributed by atoms with van der Waals surface area (Å²) in [5, 5.41) is 0.534. The summed E-state index contributed by atoms with van der Waals surface area (Å²) < 4.78 is 27.3. The Morgan fingerprint density at radius 2 is 1.91 bits per heavy atom. The lowest BCUT2D eigenvalue weighted by Crippen LogP contribution is -2.40. The van der Waals surface area contributed by atoms with Crippen molar-refractivity contribution in [3.63, 3.8) is 0 Å². The number of fused-ring (bicyclic) bond motifs is 1. The van der Waals surface area contributed by atoms with Gasteiger partial charge in [-0.25, -0.2) is 29.2 Å². The molecule has 0 radical (unpaired) electrons. The highest BCUT2D eigenvalue weighted by Crippen LogP contribution is 2.26. The van der Waals surface area contributed by atoms with Crippen LogP contribution in [0.25, 0.3) is 22.4 Å². The second-order valence-corrected chi connectivity index (χ2v) is 6.14. The molecule has 0 spiro atoms. The molecule has 0 aliphatic carbocycles. The first-order valence-electron chi connectivity index (χ1n) is 7.02. The molecule has 23 heavy (non-hydrogen) atoms. The van der Waals surface area contributed by atoms with E-state index in [0.29, 0.717) is 16.6 Å². The van der Waals surface area contributed by atoms with Gasteiger partial charge in [-0.1, -0.05) is 0 Å². The number of pyridine rings is 1. The zero-order valence-corrected chi connectivity index (χ0v) is 12.9. The van der Waals surface area contributed by atoms with E-state index in [1.807, 2.05) is 20.8 Å². The summed E-state index contributed by atoms with van der Waals surface area (Å²) in [6, 6.07) is 1.33. The number of rotatable bonds is 3. The Balaban J connectivity index is 2.00. The zero-order valence-electron chi connectivity index (χ0n) is 12.9. The Morgan fingerprint density at radius 3 is 2.65 bits per heavy atom. The lowest BCUT2D eigenvalue weighted by Gasteiger charge is -2.21. The normalized spacial score (nSPS) is 11.9. The number of hydrogen-bond acceptors (Lipinski definition) is 5. The first-order chi connectivity index (χ1) is 10.8. The van der Waals surface area contributed by atoms with Gasteiger partial charge in [0.15, 0.2) is 17.5 Å². The third-order valence-corrected chi connectivity index (χ3v) is 3.04. The van der Waals surface area contributed by atoms with Gasteiger partial charge in [-0.3, -0.25) is 0 Å². The van der Waals surface area contributed by atoms with Gasteiger partial charge in [0.25, 0.3) is 0 Å². The predicted octanol–water partition coefficient (Wildman–Crippen LogP) is 3.01. The van der Waals surface area contributed by atoms with Gasteiger partial charge in [0.1, 0.15) is 11.5 Å². The second kappa shape index (κ2) is 5.54. The number of aromatic amines is 1. The van der Waals surface area contributed by atoms with Gasteiger partial charge >= 0.3 is 0 Å². The van der Waals surface area contributed by atoms with E-state index in [1.165, 1.54) is 6.07 Å². The molecular weight excluding hydrogens is 302 g/mol. The molecule has 3 rings (SSSR count). The minimum Gasteiger partial charge on any atom is -0.345 e. The van der Waals surface area contributed by atoms with Gasteiger partial charge in [0, 0.05) is 22.7 Å².